The molecule has 3 aromatic rings. The minimum Gasteiger partial charge on any atom is -0.375 e. The first-order chi connectivity index (χ1) is 14.5. The summed E-state index contributed by atoms with van der Waals surface area (Å²) in [6.07, 6.45) is 4.21. The third kappa shape index (κ3) is 4.31. The predicted octanol–water partition coefficient (Wildman–Crippen LogP) is 5.84. The molecule has 1 heterocycles. The van der Waals surface area contributed by atoms with Crippen LogP contribution in [-0.2, 0) is 11.2 Å². The van der Waals surface area contributed by atoms with Crippen LogP contribution in [0.5, 0.6) is 0 Å². The summed E-state index contributed by atoms with van der Waals surface area (Å²) < 4.78 is 6.49. The largest absolute Gasteiger partial charge is 0.375 e. The van der Waals surface area contributed by atoms with Gasteiger partial charge < -0.3 is 4.74 Å². The number of benzene rings is 3. The standard InChI is InChI=1S/C28H34OSi/c1-28(2,3)30(26-15-9-5-10-16-26,27-17-11-6-12-18-27)22-25-21-24(29-25)20-19-23-13-7-4-8-14-23/h4-18,24-25H,19-22H2,1-3H3/t24-,25-/m0/s1. The Hall–Kier alpha value is -2.16. The van der Waals surface area contributed by atoms with E-state index in [-0.39, 0.29) is 5.04 Å². The third-order valence-corrected chi connectivity index (χ3v) is 13.1. The molecule has 0 saturated carbocycles. The van der Waals surface area contributed by atoms with Crippen LogP contribution in [0.2, 0.25) is 11.1 Å². The number of hydrogen-bond donors (Lipinski definition) is 0. The average molecular weight is 415 g/mol. The van der Waals surface area contributed by atoms with Gasteiger partial charge in [0, 0.05) is 0 Å². The molecule has 1 nitrogen and oxygen atoms in total. The molecule has 30 heavy (non-hydrogen) atoms. The van der Waals surface area contributed by atoms with Crippen molar-refractivity contribution in [2.24, 2.45) is 0 Å². The summed E-state index contributed by atoms with van der Waals surface area (Å²) in [5.74, 6) is 0. The quantitative estimate of drug-likeness (QED) is 0.441. The molecule has 2 atom stereocenters. The zero-order valence-corrected chi connectivity index (χ0v) is 19.6. The normalized spacial score (nSPS) is 19.3. The summed E-state index contributed by atoms with van der Waals surface area (Å²) in [7, 11) is -2.02. The van der Waals surface area contributed by atoms with Crippen molar-refractivity contribution in [1.82, 2.24) is 0 Å². The second kappa shape index (κ2) is 8.91. The van der Waals surface area contributed by atoms with Gasteiger partial charge in [-0.3, -0.25) is 0 Å². The van der Waals surface area contributed by atoms with Crippen LogP contribution in [-0.4, -0.2) is 20.3 Å². The third-order valence-electron chi connectivity index (χ3n) is 6.86. The van der Waals surface area contributed by atoms with Gasteiger partial charge in [0.1, 0.15) is 8.07 Å². The lowest BCUT2D eigenvalue weighted by Crippen LogP contribution is -2.66. The molecule has 0 amide bonds. The Morgan fingerprint density at radius 3 is 1.67 bits per heavy atom. The molecule has 2 heteroatoms. The van der Waals surface area contributed by atoms with E-state index >= 15 is 0 Å². The summed E-state index contributed by atoms with van der Waals surface area (Å²) in [6, 6.07) is 34.5. The number of ether oxygens (including phenoxy) is 1. The molecule has 0 aromatic heterocycles. The molecule has 3 aromatic carbocycles. The average Bonchev–Trinajstić information content (AvgIpc) is 2.73. The van der Waals surface area contributed by atoms with E-state index in [9.17, 15) is 0 Å². The summed E-state index contributed by atoms with van der Waals surface area (Å²) in [5, 5.41) is 3.26. The molecule has 0 radical (unpaired) electrons. The van der Waals surface area contributed by atoms with Crippen molar-refractivity contribution in [2.75, 3.05) is 0 Å². The Balaban J connectivity index is 1.53. The molecule has 1 fully saturated rings. The van der Waals surface area contributed by atoms with E-state index in [4.69, 9.17) is 4.74 Å². The van der Waals surface area contributed by atoms with Crippen LogP contribution in [0.3, 0.4) is 0 Å². The Labute approximate surface area is 183 Å². The minimum atomic E-state index is -2.02. The summed E-state index contributed by atoms with van der Waals surface area (Å²) in [4.78, 5) is 0. The minimum absolute atomic E-state index is 0.203. The molecule has 4 rings (SSSR count). The Morgan fingerprint density at radius 2 is 1.20 bits per heavy atom. The van der Waals surface area contributed by atoms with E-state index in [1.807, 2.05) is 0 Å². The molecule has 1 aliphatic rings. The Morgan fingerprint density at radius 1 is 0.733 bits per heavy atom. The van der Waals surface area contributed by atoms with Gasteiger partial charge in [-0.05, 0) is 35.9 Å². The highest BCUT2D eigenvalue weighted by Crippen LogP contribution is 2.42. The summed E-state index contributed by atoms with van der Waals surface area (Å²) >= 11 is 0. The zero-order valence-electron chi connectivity index (χ0n) is 18.6. The molecule has 1 saturated heterocycles. The van der Waals surface area contributed by atoms with E-state index in [2.05, 4.69) is 112 Å². The van der Waals surface area contributed by atoms with E-state index < -0.39 is 8.07 Å². The van der Waals surface area contributed by atoms with Crippen LogP contribution in [0.4, 0.5) is 0 Å². The molecule has 156 valence electrons. The Bertz CT molecular complexity index is 870. The zero-order chi connectivity index (χ0) is 21.0. The first-order valence-electron chi connectivity index (χ1n) is 11.3. The lowest BCUT2D eigenvalue weighted by atomic mass is 9.99. The topological polar surface area (TPSA) is 9.23 Å². The van der Waals surface area contributed by atoms with E-state index in [0.717, 1.165) is 18.9 Å². The smallest absolute Gasteiger partial charge is 0.125 e. The summed E-state index contributed by atoms with van der Waals surface area (Å²) in [5.41, 5.74) is 1.41. The second-order valence-electron chi connectivity index (χ2n) is 9.73. The monoisotopic (exact) mass is 414 g/mol. The van der Waals surface area contributed by atoms with Crippen LogP contribution < -0.4 is 10.4 Å². The van der Waals surface area contributed by atoms with Gasteiger partial charge in [0.25, 0.3) is 0 Å². The van der Waals surface area contributed by atoms with Crippen LogP contribution in [0.1, 0.15) is 39.2 Å². The van der Waals surface area contributed by atoms with E-state index in [0.29, 0.717) is 12.2 Å². The number of rotatable bonds is 7. The SMILES string of the molecule is CC(C)(C)[Si](C[C@@H]1C[C@H](CCc2ccccc2)O1)(c1ccccc1)c1ccccc1. The molecule has 1 aliphatic heterocycles. The van der Waals surface area contributed by atoms with E-state index in [1.54, 1.807) is 0 Å². The lowest BCUT2D eigenvalue weighted by Gasteiger charge is -2.49. The molecule has 0 N–H and O–H groups in total. The fourth-order valence-corrected chi connectivity index (χ4v) is 10.8. The molecular weight excluding hydrogens is 380 g/mol. The molecule has 0 unspecified atom stereocenters. The predicted molar refractivity (Wildman–Crippen MR) is 130 cm³/mol. The van der Waals surface area contributed by atoms with Crippen LogP contribution in [0.15, 0.2) is 91.0 Å². The Kier molecular flexibility index (Phi) is 6.26. The van der Waals surface area contributed by atoms with Gasteiger partial charge in [0.15, 0.2) is 0 Å². The summed E-state index contributed by atoms with van der Waals surface area (Å²) in [6.45, 7) is 7.31. The van der Waals surface area contributed by atoms with Crippen molar-refractivity contribution in [3.05, 3.63) is 96.6 Å². The van der Waals surface area contributed by atoms with E-state index in [1.165, 1.54) is 22.4 Å². The van der Waals surface area contributed by atoms with Crippen molar-refractivity contribution < 1.29 is 4.74 Å². The number of hydrogen-bond acceptors (Lipinski definition) is 1. The van der Waals surface area contributed by atoms with Crippen molar-refractivity contribution in [1.29, 1.82) is 0 Å². The highest BCUT2D eigenvalue weighted by Gasteiger charge is 2.50. The first-order valence-corrected chi connectivity index (χ1v) is 13.5. The van der Waals surface area contributed by atoms with Crippen LogP contribution in [0.25, 0.3) is 0 Å². The van der Waals surface area contributed by atoms with Crippen molar-refractivity contribution in [2.45, 2.75) is 63.3 Å². The van der Waals surface area contributed by atoms with Crippen molar-refractivity contribution in [3.63, 3.8) is 0 Å². The second-order valence-corrected chi connectivity index (χ2v) is 14.6. The molecule has 0 spiro atoms. The molecular formula is C28H34OSi. The van der Waals surface area contributed by atoms with Crippen molar-refractivity contribution >= 4 is 18.4 Å². The first kappa shape index (κ1) is 21.1. The maximum absolute atomic E-state index is 6.49. The fraction of sp³-hybridized carbons (Fsp3) is 0.357. The highest BCUT2D eigenvalue weighted by atomic mass is 28.3. The molecule has 0 bridgehead atoms. The van der Waals surface area contributed by atoms with Gasteiger partial charge in [-0.1, -0.05) is 122 Å². The van der Waals surface area contributed by atoms with Gasteiger partial charge in [-0.2, -0.15) is 0 Å². The van der Waals surface area contributed by atoms with Gasteiger partial charge in [0.05, 0.1) is 12.2 Å². The lowest BCUT2D eigenvalue weighted by molar-refractivity contribution is -0.116. The van der Waals surface area contributed by atoms with Gasteiger partial charge in [0.2, 0.25) is 0 Å². The maximum atomic E-state index is 6.49. The maximum Gasteiger partial charge on any atom is 0.125 e. The highest BCUT2D eigenvalue weighted by molar-refractivity contribution is 7.04. The van der Waals surface area contributed by atoms with Crippen LogP contribution in [0, 0.1) is 0 Å². The van der Waals surface area contributed by atoms with Gasteiger partial charge in [-0.25, -0.2) is 0 Å². The fourth-order valence-electron chi connectivity index (χ4n) is 5.21. The van der Waals surface area contributed by atoms with Crippen molar-refractivity contribution in [3.8, 4) is 0 Å². The van der Waals surface area contributed by atoms with Gasteiger partial charge >= 0.3 is 0 Å². The van der Waals surface area contributed by atoms with Crippen LogP contribution >= 0.6 is 0 Å². The molecule has 0 aliphatic carbocycles. The number of aryl methyl sites for hydroxylation is 1. The van der Waals surface area contributed by atoms with Gasteiger partial charge in [-0.15, -0.1) is 0 Å².